The highest BCUT2D eigenvalue weighted by Gasteiger charge is 2.33. The third-order valence-corrected chi connectivity index (χ3v) is 4.86. The van der Waals surface area contributed by atoms with Gasteiger partial charge in [0.05, 0.1) is 6.04 Å². The first-order chi connectivity index (χ1) is 10.2. The van der Waals surface area contributed by atoms with Gasteiger partial charge in [-0.25, -0.2) is 0 Å². The molecule has 2 aliphatic rings. The molecule has 114 valence electrons. The molecule has 1 heterocycles. The predicted octanol–water partition coefficient (Wildman–Crippen LogP) is 1.29. The van der Waals surface area contributed by atoms with E-state index in [0.29, 0.717) is 12.5 Å². The SMILES string of the molecule is CC(C(=O)NC(CN)C1CC1)N1CCc2ccccc2C1. The third kappa shape index (κ3) is 3.27. The van der Waals surface area contributed by atoms with Crippen molar-refractivity contribution in [1.29, 1.82) is 0 Å². The van der Waals surface area contributed by atoms with Crippen LogP contribution in [0, 0.1) is 5.92 Å². The Morgan fingerprint density at radius 3 is 2.76 bits per heavy atom. The minimum Gasteiger partial charge on any atom is -0.350 e. The number of nitrogens with two attached hydrogens (primary N) is 1. The maximum absolute atomic E-state index is 12.4. The highest BCUT2D eigenvalue weighted by Crippen LogP contribution is 2.32. The molecule has 3 rings (SSSR count). The number of nitrogens with one attached hydrogen (secondary N) is 1. The summed E-state index contributed by atoms with van der Waals surface area (Å²) in [5, 5.41) is 3.14. The summed E-state index contributed by atoms with van der Waals surface area (Å²) in [6.45, 7) is 4.36. The second kappa shape index (κ2) is 6.16. The van der Waals surface area contributed by atoms with E-state index in [2.05, 4.69) is 34.5 Å². The number of hydrogen-bond donors (Lipinski definition) is 2. The van der Waals surface area contributed by atoms with Crippen LogP contribution in [0.3, 0.4) is 0 Å². The zero-order valence-corrected chi connectivity index (χ0v) is 12.7. The lowest BCUT2D eigenvalue weighted by atomic mass is 9.98. The van der Waals surface area contributed by atoms with Gasteiger partial charge in [0, 0.05) is 25.7 Å². The van der Waals surface area contributed by atoms with Gasteiger partial charge in [-0.15, -0.1) is 0 Å². The number of hydrogen-bond acceptors (Lipinski definition) is 3. The molecule has 1 aliphatic heterocycles. The largest absolute Gasteiger partial charge is 0.350 e. The highest BCUT2D eigenvalue weighted by atomic mass is 16.2. The number of carbonyl (C=O) groups excluding carboxylic acids is 1. The van der Waals surface area contributed by atoms with E-state index in [0.717, 1.165) is 19.5 Å². The Morgan fingerprint density at radius 2 is 2.10 bits per heavy atom. The van der Waals surface area contributed by atoms with Crippen LogP contribution in [0.4, 0.5) is 0 Å². The zero-order chi connectivity index (χ0) is 14.8. The maximum atomic E-state index is 12.4. The van der Waals surface area contributed by atoms with E-state index < -0.39 is 0 Å². The van der Waals surface area contributed by atoms with Gasteiger partial charge in [-0.3, -0.25) is 9.69 Å². The van der Waals surface area contributed by atoms with Crippen LogP contribution in [-0.2, 0) is 17.8 Å². The van der Waals surface area contributed by atoms with Crippen molar-refractivity contribution in [3.8, 4) is 0 Å². The second-order valence-electron chi connectivity index (χ2n) is 6.35. The Kier molecular flexibility index (Phi) is 4.27. The van der Waals surface area contributed by atoms with E-state index in [1.165, 1.54) is 24.0 Å². The van der Waals surface area contributed by atoms with Crippen LogP contribution in [-0.4, -0.2) is 36.0 Å². The topological polar surface area (TPSA) is 58.4 Å². The van der Waals surface area contributed by atoms with Crippen LogP contribution in [0.25, 0.3) is 0 Å². The van der Waals surface area contributed by atoms with Crippen LogP contribution >= 0.6 is 0 Å². The van der Waals surface area contributed by atoms with E-state index in [-0.39, 0.29) is 18.0 Å². The van der Waals surface area contributed by atoms with Gasteiger partial charge < -0.3 is 11.1 Å². The van der Waals surface area contributed by atoms with Crippen molar-refractivity contribution in [3.05, 3.63) is 35.4 Å². The van der Waals surface area contributed by atoms with Gasteiger partial charge in [0.1, 0.15) is 0 Å². The lowest BCUT2D eigenvalue weighted by Crippen LogP contribution is -2.51. The summed E-state index contributed by atoms with van der Waals surface area (Å²) >= 11 is 0. The first-order valence-corrected chi connectivity index (χ1v) is 8.00. The van der Waals surface area contributed by atoms with Gasteiger partial charge in [0.15, 0.2) is 0 Å². The van der Waals surface area contributed by atoms with Crippen molar-refractivity contribution in [2.45, 2.75) is 44.8 Å². The highest BCUT2D eigenvalue weighted by molar-refractivity contribution is 5.81. The molecule has 0 bridgehead atoms. The van der Waals surface area contributed by atoms with Crippen molar-refractivity contribution >= 4 is 5.91 Å². The lowest BCUT2D eigenvalue weighted by molar-refractivity contribution is -0.127. The molecular weight excluding hydrogens is 262 g/mol. The summed E-state index contributed by atoms with van der Waals surface area (Å²) in [5.41, 5.74) is 8.54. The summed E-state index contributed by atoms with van der Waals surface area (Å²) in [5.74, 6) is 0.727. The predicted molar refractivity (Wildman–Crippen MR) is 83.7 cm³/mol. The normalized spacial score (nSPS) is 21.4. The van der Waals surface area contributed by atoms with Crippen LogP contribution in [0.2, 0.25) is 0 Å². The van der Waals surface area contributed by atoms with Crippen LogP contribution in [0.5, 0.6) is 0 Å². The Morgan fingerprint density at radius 1 is 1.38 bits per heavy atom. The molecule has 0 saturated heterocycles. The van der Waals surface area contributed by atoms with Crippen LogP contribution in [0.15, 0.2) is 24.3 Å². The summed E-state index contributed by atoms with van der Waals surface area (Å²) < 4.78 is 0. The number of benzene rings is 1. The van der Waals surface area contributed by atoms with E-state index in [4.69, 9.17) is 5.73 Å². The molecule has 3 N–H and O–H groups in total. The zero-order valence-electron chi connectivity index (χ0n) is 12.7. The van der Waals surface area contributed by atoms with E-state index in [1.807, 2.05) is 6.92 Å². The number of nitrogens with zero attached hydrogens (tertiary/aromatic N) is 1. The van der Waals surface area contributed by atoms with Gasteiger partial charge in [-0.1, -0.05) is 24.3 Å². The average molecular weight is 287 g/mol. The molecule has 0 aromatic heterocycles. The van der Waals surface area contributed by atoms with Gasteiger partial charge in [-0.2, -0.15) is 0 Å². The van der Waals surface area contributed by atoms with Gasteiger partial charge in [0.25, 0.3) is 0 Å². The van der Waals surface area contributed by atoms with E-state index in [9.17, 15) is 4.79 Å². The number of carbonyl (C=O) groups is 1. The Hall–Kier alpha value is -1.39. The molecule has 21 heavy (non-hydrogen) atoms. The molecule has 1 aromatic carbocycles. The molecular formula is C17H25N3O. The summed E-state index contributed by atoms with van der Waals surface area (Å²) in [6.07, 6.45) is 3.43. The van der Waals surface area contributed by atoms with Crippen molar-refractivity contribution < 1.29 is 4.79 Å². The fourth-order valence-electron chi connectivity index (χ4n) is 3.19. The molecule has 2 unspecified atom stereocenters. The molecule has 0 radical (unpaired) electrons. The second-order valence-corrected chi connectivity index (χ2v) is 6.35. The average Bonchev–Trinajstić information content (AvgIpc) is 3.36. The molecule has 2 atom stereocenters. The third-order valence-electron chi connectivity index (χ3n) is 4.86. The first-order valence-electron chi connectivity index (χ1n) is 8.00. The molecule has 1 aliphatic carbocycles. The van der Waals surface area contributed by atoms with E-state index in [1.54, 1.807) is 0 Å². The lowest BCUT2D eigenvalue weighted by Gasteiger charge is -2.33. The minimum atomic E-state index is -0.0915. The van der Waals surface area contributed by atoms with E-state index >= 15 is 0 Å². The van der Waals surface area contributed by atoms with Crippen molar-refractivity contribution in [2.24, 2.45) is 11.7 Å². The molecule has 1 aromatic rings. The Labute approximate surface area is 126 Å². The molecule has 1 amide bonds. The Bertz CT molecular complexity index is 513. The van der Waals surface area contributed by atoms with Gasteiger partial charge in [-0.05, 0) is 43.2 Å². The summed E-state index contributed by atoms with van der Waals surface area (Å²) in [6, 6.07) is 8.59. The fraction of sp³-hybridized carbons (Fsp3) is 0.588. The number of fused-ring (bicyclic) bond motifs is 1. The monoisotopic (exact) mass is 287 g/mol. The summed E-state index contributed by atoms with van der Waals surface area (Å²) in [4.78, 5) is 14.7. The maximum Gasteiger partial charge on any atom is 0.237 e. The molecule has 1 fully saturated rings. The van der Waals surface area contributed by atoms with Crippen LogP contribution in [0.1, 0.15) is 30.9 Å². The number of rotatable bonds is 5. The smallest absolute Gasteiger partial charge is 0.237 e. The standard InChI is InChI=1S/C17H25N3O/c1-12(17(21)19-16(10-18)14-6-7-14)20-9-8-13-4-2-3-5-15(13)11-20/h2-5,12,14,16H,6-11,18H2,1H3,(H,19,21). The van der Waals surface area contributed by atoms with Crippen molar-refractivity contribution in [3.63, 3.8) is 0 Å². The molecule has 4 nitrogen and oxygen atoms in total. The first kappa shape index (κ1) is 14.5. The quantitative estimate of drug-likeness (QED) is 0.858. The van der Waals surface area contributed by atoms with Crippen molar-refractivity contribution in [2.75, 3.05) is 13.1 Å². The molecule has 0 spiro atoms. The van der Waals surface area contributed by atoms with Crippen molar-refractivity contribution in [1.82, 2.24) is 10.2 Å². The summed E-state index contributed by atoms with van der Waals surface area (Å²) in [7, 11) is 0. The Balaban J connectivity index is 1.60. The molecule has 4 heteroatoms. The molecule has 1 saturated carbocycles. The van der Waals surface area contributed by atoms with Crippen LogP contribution < -0.4 is 11.1 Å². The van der Waals surface area contributed by atoms with Gasteiger partial charge >= 0.3 is 0 Å². The number of amides is 1. The van der Waals surface area contributed by atoms with Gasteiger partial charge in [0.2, 0.25) is 5.91 Å². The fourth-order valence-corrected chi connectivity index (χ4v) is 3.19. The minimum absolute atomic E-state index is 0.0915.